The van der Waals surface area contributed by atoms with Crippen molar-refractivity contribution in [2.45, 2.75) is 26.1 Å². The average Bonchev–Trinajstić information content (AvgIpc) is 2.66. The van der Waals surface area contributed by atoms with Crippen molar-refractivity contribution < 1.29 is 23.8 Å². The largest absolute Gasteiger partial charge is 0.497 e. The lowest BCUT2D eigenvalue weighted by atomic mass is 9.76. The van der Waals surface area contributed by atoms with Crippen LogP contribution in [0.1, 0.15) is 18.9 Å². The smallest absolute Gasteiger partial charge is 0.410 e. The Balaban J connectivity index is 1.61. The summed E-state index contributed by atoms with van der Waals surface area (Å²) in [5, 5.41) is 0. The van der Waals surface area contributed by atoms with Crippen LogP contribution in [0.4, 0.5) is 4.79 Å². The molecule has 1 saturated heterocycles. The van der Waals surface area contributed by atoms with E-state index in [1.165, 1.54) is 13.4 Å². The molecule has 0 radical (unpaired) electrons. The fourth-order valence-electron chi connectivity index (χ4n) is 3.51. The molecule has 3 rings (SSSR count). The Morgan fingerprint density at radius 1 is 1.28 bits per heavy atom. The Bertz CT molecular complexity index is 657. The first-order valence-electron chi connectivity index (χ1n) is 8.49. The number of carbonyl (C=O) groups is 2. The number of hydrogen-bond donors (Lipinski definition) is 0. The number of likely N-dealkylation sites (tertiary alicyclic amines) is 1. The normalized spacial score (nSPS) is 25.3. The molecule has 3 atom stereocenters. The average molecular weight is 345 g/mol. The van der Waals surface area contributed by atoms with E-state index < -0.39 is 0 Å². The van der Waals surface area contributed by atoms with E-state index in [0.29, 0.717) is 25.1 Å². The fourth-order valence-corrected chi connectivity index (χ4v) is 3.51. The second-order valence-corrected chi connectivity index (χ2v) is 6.45. The minimum Gasteiger partial charge on any atom is -0.497 e. The topological polar surface area (TPSA) is 65.1 Å². The van der Waals surface area contributed by atoms with E-state index in [2.05, 4.69) is 0 Å². The van der Waals surface area contributed by atoms with Gasteiger partial charge in [-0.3, -0.25) is 0 Å². The zero-order valence-corrected chi connectivity index (χ0v) is 14.5. The van der Waals surface area contributed by atoms with E-state index in [9.17, 15) is 9.59 Å². The highest BCUT2D eigenvalue weighted by atomic mass is 16.6. The number of hydrogen-bond acceptors (Lipinski definition) is 5. The van der Waals surface area contributed by atoms with Crippen molar-refractivity contribution in [3.8, 4) is 0 Å². The highest BCUT2D eigenvalue weighted by molar-refractivity contribution is 5.89. The number of carbonyl (C=O) groups excluding carboxylic acids is 2. The molecule has 6 heteroatoms. The molecule has 6 nitrogen and oxygen atoms in total. The van der Waals surface area contributed by atoms with Gasteiger partial charge in [-0.1, -0.05) is 30.3 Å². The monoisotopic (exact) mass is 345 g/mol. The molecular weight excluding hydrogens is 322 g/mol. The number of nitrogens with zero attached hydrogens (tertiary/aromatic N) is 1. The van der Waals surface area contributed by atoms with E-state index >= 15 is 0 Å². The summed E-state index contributed by atoms with van der Waals surface area (Å²) in [5.41, 5.74) is 1.51. The number of rotatable bonds is 3. The van der Waals surface area contributed by atoms with Crippen LogP contribution in [0, 0.1) is 11.8 Å². The van der Waals surface area contributed by atoms with Crippen molar-refractivity contribution in [1.82, 2.24) is 4.90 Å². The second-order valence-electron chi connectivity index (χ2n) is 6.45. The van der Waals surface area contributed by atoms with E-state index in [1.54, 1.807) is 4.90 Å². The molecule has 134 valence electrons. The number of ether oxygens (including phenoxy) is 3. The summed E-state index contributed by atoms with van der Waals surface area (Å²) in [6, 6.07) is 9.59. The van der Waals surface area contributed by atoms with Crippen LogP contribution in [0.2, 0.25) is 0 Å². The van der Waals surface area contributed by atoms with E-state index in [4.69, 9.17) is 14.2 Å². The maximum absolute atomic E-state index is 12.4. The van der Waals surface area contributed by atoms with Crippen LogP contribution in [0.5, 0.6) is 0 Å². The molecule has 25 heavy (non-hydrogen) atoms. The lowest BCUT2D eigenvalue weighted by Gasteiger charge is -2.43. The zero-order valence-electron chi connectivity index (χ0n) is 14.5. The minimum atomic E-state index is -0.359. The van der Waals surface area contributed by atoms with Crippen LogP contribution in [0.3, 0.4) is 0 Å². The first-order chi connectivity index (χ1) is 12.1. The molecule has 0 aliphatic carbocycles. The molecule has 0 bridgehead atoms. The second kappa shape index (κ2) is 7.59. The van der Waals surface area contributed by atoms with Gasteiger partial charge in [-0.05, 0) is 18.9 Å². The molecule has 2 aliphatic heterocycles. The lowest BCUT2D eigenvalue weighted by molar-refractivity contribution is -0.138. The first-order valence-corrected chi connectivity index (χ1v) is 8.49. The number of piperidine rings is 1. The van der Waals surface area contributed by atoms with E-state index in [1.807, 2.05) is 37.3 Å². The quantitative estimate of drug-likeness (QED) is 0.788. The molecule has 0 aromatic heterocycles. The van der Waals surface area contributed by atoms with Gasteiger partial charge in [0.05, 0.1) is 18.9 Å². The molecule has 1 aromatic carbocycles. The number of amides is 1. The summed E-state index contributed by atoms with van der Waals surface area (Å²) in [4.78, 5) is 26.0. The van der Waals surface area contributed by atoms with Crippen LogP contribution >= 0.6 is 0 Å². The molecule has 1 aromatic rings. The molecular formula is C19H23NO5. The van der Waals surface area contributed by atoms with Crippen molar-refractivity contribution in [1.29, 1.82) is 0 Å². The van der Waals surface area contributed by atoms with Crippen molar-refractivity contribution in [2.75, 3.05) is 20.2 Å². The van der Waals surface area contributed by atoms with Gasteiger partial charge in [0.1, 0.15) is 12.7 Å². The van der Waals surface area contributed by atoms with Gasteiger partial charge < -0.3 is 19.1 Å². The number of esters is 1. The zero-order chi connectivity index (χ0) is 17.8. The summed E-state index contributed by atoms with van der Waals surface area (Å²) in [6.45, 7) is 3.27. The van der Waals surface area contributed by atoms with Crippen LogP contribution in [0.25, 0.3) is 0 Å². The molecule has 0 saturated carbocycles. The van der Waals surface area contributed by atoms with Gasteiger partial charge in [-0.25, -0.2) is 9.59 Å². The first kappa shape index (κ1) is 17.3. The summed E-state index contributed by atoms with van der Waals surface area (Å²) in [6.07, 6.45) is 1.81. The maximum Gasteiger partial charge on any atom is 0.410 e. The van der Waals surface area contributed by atoms with Crippen molar-refractivity contribution in [3.05, 3.63) is 47.7 Å². The van der Waals surface area contributed by atoms with Gasteiger partial charge in [-0.2, -0.15) is 0 Å². The minimum absolute atomic E-state index is 0.0503. The summed E-state index contributed by atoms with van der Waals surface area (Å²) >= 11 is 0. The molecule has 2 aliphatic rings. The molecule has 0 spiro atoms. The Kier molecular flexibility index (Phi) is 5.26. The van der Waals surface area contributed by atoms with Gasteiger partial charge in [0, 0.05) is 24.9 Å². The highest BCUT2D eigenvalue weighted by Crippen LogP contribution is 2.37. The van der Waals surface area contributed by atoms with Crippen LogP contribution < -0.4 is 0 Å². The Hall–Kier alpha value is -2.50. The van der Waals surface area contributed by atoms with Gasteiger partial charge in [0.25, 0.3) is 0 Å². The standard InChI is InChI=1S/C19H23NO5/c1-13-16-10-20(19(22)25-11-14-6-4-3-5-7-14)9-8-15(16)17(12-24-13)18(21)23-2/h3-7,12-13,15-16H,8-11H2,1-2H3/t13?,15-,16?/m0/s1. The van der Waals surface area contributed by atoms with Crippen LogP contribution in [0.15, 0.2) is 42.2 Å². The van der Waals surface area contributed by atoms with Crippen LogP contribution in [-0.4, -0.2) is 43.3 Å². The maximum atomic E-state index is 12.4. The highest BCUT2D eigenvalue weighted by Gasteiger charge is 2.42. The Morgan fingerprint density at radius 3 is 2.76 bits per heavy atom. The lowest BCUT2D eigenvalue weighted by Crippen LogP contribution is -2.50. The third-order valence-corrected chi connectivity index (χ3v) is 4.95. The summed E-state index contributed by atoms with van der Waals surface area (Å²) < 4.78 is 15.9. The Morgan fingerprint density at radius 2 is 2.04 bits per heavy atom. The van der Waals surface area contributed by atoms with Crippen molar-refractivity contribution in [2.24, 2.45) is 11.8 Å². The van der Waals surface area contributed by atoms with Gasteiger partial charge >= 0.3 is 12.1 Å². The van der Waals surface area contributed by atoms with Gasteiger partial charge in [-0.15, -0.1) is 0 Å². The molecule has 2 unspecified atom stereocenters. The summed E-state index contributed by atoms with van der Waals surface area (Å²) in [5.74, 6) is -0.256. The third-order valence-electron chi connectivity index (χ3n) is 4.95. The number of fused-ring (bicyclic) bond motifs is 1. The summed E-state index contributed by atoms with van der Waals surface area (Å²) in [7, 11) is 1.37. The predicted molar refractivity (Wildman–Crippen MR) is 90.4 cm³/mol. The van der Waals surface area contributed by atoms with E-state index in [-0.39, 0.29) is 36.6 Å². The third kappa shape index (κ3) is 3.78. The number of benzene rings is 1. The predicted octanol–water partition coefficient (Wildman–Crippen LogP) is 2.74. The van der Waals surface area contributed by atoms with Gasteiger partial charge in [0.15, 0.2) is 0 Å². The molecule has 1 amide bonds. The Labute approximate surface area is 147 Å². The SMILES string of the molecule is COC(=O)C1=COC(C)C2CN(C(=O)OCc3ccccc3)CC[C@H]12. The van der Waals surface area contributed by atoms with Crippen LogP contribution in [-0.2, 0) is 25.6 Å². The van der Waals surface area contributed by atoms with Crippen molar-refractivity contribution in [3.63, 3.8) is 0 Å². The fraction of sp³-hybridized carbons (Fsp3) is 0.474. The van der Waals surface area contributed by atoms with E-state index in [0.717, 1.165) is 5.56 Å². The molecule has 2 heterocycles. The number of methoxy groups -OCH3 is 1. The molecule has 1 fully saturated rings. The van der Waals surface area contributed by atoms with Gasteiger partial charge in [0.2, 0.25) is 0 Å². The van der Waals surface area contributed by atoms with Crippen molar-refractivity contribution >= 4 is 12.1 Å². The molecule has 0 N–H and O–H groups in total.